The molecule has 76 valence electrons. The third-order valence-corrected chi connectivity index (χ3v) is 2.15. The minimum absolute atomic E-state index is 0.0210. The van der Waals surface area contributed by atoms with E-state index in [0.717, 1.165) is 0 Å². The molecule has 0 bridgehead atoms. The van der Waals surface area contributed by atoms with Gasteiger partial charge in [0.15, 0.2) is 0 Å². The second-order valence-corrected chi connectivity index (χ2v) is 3.65. The molecular weight excluding hydrogens is 204 g/mol. The van der Waals surface area contributed by atoms with Crippen molar-refractivity contribution in [3.63, 3.8) is 0 Å². The molecule has 0 unspecified atom stereocenters. The van der Waals surface area contributed by atoms with E-state index in [0.29, 0.717) is 10.1 Å². The monoisotopic (exact) mass is 214 g/mol. The summed E-state index contributed by atoms with van der Waals surface area (Å²) < 4.78 is 0. The number of aromatic nitrogens is 2. The number of carbonyl (C=O) groups is 2. The molecule has 1 aromatic rings. The van der Waals surface area contributed by atoms with Crippen LogP contribution in [0.25, 0.3) is 0 Å². The Bertz CT molecular complexity index is 349. The Morgan fingerprint density at radius 3 is 2.71 bits per heavy atom. The summed E-state index contributed by atoms with van der Waals surface area (Å²) in [5.74, 6) is 0.0210. The maximum absolute atomic E-state index is 10.9. The maximum Gasteiger partial charge on any atom is 0.320 e. The van der Waals surface area contributed by atoms with Gasteiger partial charge in [0.2, 0.25) is 5.13 Å². The highest BCUT2D eigenvalue weighted by molar-refractivity contribution is 7.15. The Morgan fingerprint density at radius 1 is 1.43 bits per heavy atom. The van der Waals surface area contributed by atoms with Crippen LogP contribution in [0.5, 0.6) is 0 Å². The van der Waals surface area contributed by atoms with Gasteiger partial charge in [-0.3, -0.25) is 10.1 Å². The molecule has 7 heteroatoms. The van der Waals surface area contributed by atoms with Crippen molar-refractivity contribution in [1.29, 1.82) is 0 Å². The van der Waals surface area contributed by atoms with Crippen molar-refractivity contribution in [2.75, 3.05) is 12.4 Å². The molecule has 0 saturated carbocycles. The van der Waals surface area contributed by atoms with Gasteiger partial charge in [-0.05, 0) is 6.92 Å². The molecule has 0 aliphatic carbocycles. The predicted molar refractivity (Wildman–Crippen MR) is 52.4 cm³/mol. The van der Waals surface area contributed by atoms with Gasteiger partial charge in [0.1, 0.15) is 10.8 Å². The van der Waals surface area contributed by atoms with E-state index in [9.17, 15) is 9.59 Å². The second kappa shape index (κ2) is 4.66. The lowest BCUT2D eigenvalue weighted by Gasteiger charge is -1.96. The van der Waals surface area contributed by atoms with E-state index in [1.807, 2.05) is 0 Å². The minimum Gasteiger partial charge on any atom is -0.341 e. The van der Waals surface area contributed by atoms with Crippen LogP contribution in [0.2, 0.25) is 0 Å². The molecule has 14 heavy (non-hydrogen) atoms. The summed E-state index contributed by atoms with van der Waals surface area (Å²) in [6, 6.07) is -0.351. The average Bonchev–Trinajstić information content (AvgIpc) is 2.51. The van der Waals surface area contributed by atoms with E-state index in [1.165, 1.54) is 25.3 Å². The van der Waals surface area contributed by atoms with Crippen molar-refractivity contribution in [1.82, 2.24) is 15.5 Å². The third kappa shape index (κ3) is 3.09. The van der Waals surface area contributed by atoms with Crippen molar-refractivity contribution < 1.29 is 9.59 Å². The Hall–Kier alpha value is -1.50. The van der Waals surface area contributed by atoms with Crippen LogP contribution in [0.1, 0.15) is 11.9 Å². The van der Waals surface area contributed by atoms with Crippen molar-refractivity contribution in [2.45, 2.75) is 13.3 Å². The smallest absolute Gasteiger partial charge is 0.320 e. The highest BCUT2D eigenvalue weighted by atomic mass is 32.1. The fourth-order valence-corrected chi connectivity index (χ4v) is 1.55. The van der Waals surface area contributed by atoms with Crippen molar-refractivity contribution in [3.8, 4) is 0 Å². The Balaban J connectivity index is 2.59. The standard InChI is InChI=1S/C7H10N4O2S/c1-4(12)3-5-10-11-7(14-5)9-6(13)8-2/h3H2,1-2H3,(H2,8,9,11,13). The molecule has 0 aliphatic heterocycles. The summed E-state index contributed by atoms with van der Waals surface area (Å²) in [4.78, 5) is 21.6. The predicted octanol–water partition coefficient (Wildman–Crippen LogP) is 0.421. The first-order chi connectivity index (χ1) is 6.61. The summed E-state index contributed by atoms with van der Waals surface area (Å²) in [6.07, 6.45) is 0.257. The normalized spacial score (nSPS) is 9.57. The fourth-order valence-electron chi connectivity index (χ4n) is 0.748. The van der Waals surface area contributed by atoms with E-state index in [2.05, 4.69) is 20.8 Å². The first-order valence-electron chi connectivity index (χ1n) is 3.92. The van der Waals surface area contributed by atoms with Crippen molar-refractivity contribution in [2.24, 2.45) is 0 Å². The SMILES string of the molecule is CNC(=O)Nc1nnc(CC(C)=O)s1. The molecule has 2 amide bonds. The van der Waals surface area contributed by atoms with Crippen LogP contribution < -0.4 is 10.6 Å². The number of nitrogens with one attached hydrogen (secondary N) is 2. The van der Waals surface area contributed by atoms with E-state index in [-0.39, 0.29) is 18.2 Å². The quantitative estimate of drug-likeness (QED) is 0.763. The van der Waals surface area contributed by atoms with Gasteiger partial charge in [-0.1, -0.05) is 11.3 Å². The number of Topliss-reactive ketones (excluding diaryl/α,β-unsaturated/α-hetero) is 1. The zero-order valence-electron chi connectivity index (χ0n) is 7.83. The minimum atomic E-state index is -0.351. The number of urea groups is 1. The zero-order valence-corrected chi connectivity index (χ0v) is 8.64. The topological polar surface area (TPSA) is 84.0 Å². The fraction of sp³-hybridized carbons (Fsp3) is 0.429. The molecule has 0 fully saturated rings. The van der Waals surface area contributed by atoms with Crippen molar-refractivity contribution >= 4 is 28.3 Å². The lowest BCUT2D eigenvalue weighted by Crippen LogP contribution is -2.24. The molecule has 2 N–H and O–H groups in total. The number of rotatable bonds is 3. The van der Waals surface area contributed by atoms with Crippen LogP contribution in [0.3, 0.4) is 0 Å². The number of nitrogens with zero attached hydrogens (tertiary/aromatic N) is 2. The van der Waals surface area contributed by atoms with Crippen molar-refractivity contribution in [3.05, 3.63) is 5.01 Å². The lowest BCUT2D eigenvalue weighted by atomic mass is 10.3. The number of hydrogen-bond donors (Lipinski definition) is 2. The van der Waals surface area contributed by atoms with E-state index in [4.69, 9.17) is 0 Å². The summed E-state index contributed by atoms with van der Waals surface area (Å²) in [5.41, 5.74) is 0. The molecule has 0 saturated heterocycles. The Labute approximate surface area is 84.7 Å². The second-order valence-electron chi connectivity index (χ2n) is 2.58. The number of ketones is 1. The molecule has 1 heterocycles. The number of amides is 2. The maximum atomic E-state index is 10.9. The molecule has 0 spiro atoms. The van der Waals surface area contributed by atoms with Gasteiger partial charge in [0.05, 0.1) is 6.42 Å². The molecule has 6 nitrogen and oxygen atoms in total. The molecule has 0 aliphatic rings. The molecule has 0 atom stereocenters. The van der Waals surface area contributed by atoms with Gasteiger partial charge >= 0.3 is 6.03 Å². The van der Waals surface area contributed by atoms with Gasteiger partial charge in [-0.25, -0.2) is 4.79 Å². The first-order valence-corrected chi connectivity index (χ1v) is 4.74. The van der Waals surface area contributed by atoms with Crippen LogP contribution >= 0.6 is 11.3 Å². The van der Waals surface area contributed by atoms with Crippen LogP contribution in [0.4, 0.5) is 9.93 Å². The highest BCUT2D eigenvalue weighted by Crippen LogP contribution is 2.15. The summed E-state index contributed by atoms with van der Waals surface area (Å²) >= 11 is 1.19. The summed E-state index contributed by atoms with van der Waals surface area (Å²) in [5, 5.41) is 13.3. The average molecular weight is 214 g/mol. The Morgan fingerprint density at radius 2 is 2.14 bits per heavy atom. The largest absolute Gasteiger partial charge is 0.341 e. The van der Waals surface area contributed by atoms with Crippen LogP contribution in [-0.4, -0.2) is 29.1 Å². The van der Waals surface area contributed by atoms with Crippen LogP contribution in [0.15, 0.2) is 0 Å². The van der Waals surface area contributed by atoms with E-state index >= 15 is 0 Å². The highest BCUT2D eigenvalue weighted by Gasteiger charge is 2.07. The zero-order chi connectivity index (χ0) is 10.6. The molecular formula is C7H10N4O2S. The van der Waals surface area contributed by atoms with E-state index < -0.39 is 0 Å². The van der Waals surface area contributed by atoms with E-state index in [1.54, 1.807) is 0 Å². The van der Waals surface area contributed by atoms with Gasteiger partial charge in [-0.15, -0.1) is 10.2 Å². The number of hydrogen-bond acceptors (Lipinski definition) is 5. The van der Waals surface area contributed by atoms with Gasteiger partial charge in [-0.2, -0.15) is 0 Å². The molecule has 0 aromatic carbocycles. The molecule has 1 rings (SSSR count). The molecule has 1 aromatic heterocycles. The summed E-state index contributed by atoms with van der Waals surface area (Å²) in [7, 11) is 1.51. The molecule has 0 radical (unpaired) electrons. The van der Waals surface area contributed by atoms with Crippen LogP contribution in [0, 0.1) is 0 Å². The van der Waals surface area contributed by atoms with Gasteiger partial charge in [0, 0.05) is 7.05 Å². The lowest BCUT2D eigenvalue weighted by molar-refractivity contribution is -0.116. The number of anilines is 1. The first kappa shape index (κ1) is 10.6. The summed E-state index contributed by atoms with van der Waals surface area (Å²) in [6.45, 7) is 1.48. The Kier molecular flexibility index (Phi) is 3.52. The number of carbonyl (C=O) groups excluding carboxylic acids is 2. The van der Waals surface area contributed by atoms with Gasteiger partial charge < -0.3 is 5.32 Å². The van der Waals surface area contributed by atoms with Gasteiger partial charge in [0.25, 0.3) is 0 Å². The van der Waals surface area contributed by atoms with Crippen LogP contribution in [-0.2, 0) is 11.2 Å². The third-order valence-electron chi connectivity index (χ3n) is 1.31.